The number of piperazine rings is 1. The summed E-state index contributed by atoms with van der Waals surface area (Å²) in [6.07, 6.45) is 0. The first-order valence-electron chi connectivity index (χ1n) is 9.23. The minimum absolute atomic E-state index is 0.0202. The monoisotopic (exact) mass is 407 g/mol. The van der Waals surface area contributed by atoms with Crippen LogP contribution in [0.5, 0.6) is 0 Å². The second-order valence-electron chi connectivity index (χ2n) is 8.18. The molecular formula is C21H28ClN2O2S+. The van der Waals surface area contributed by atoms with Gasteiger partial charge in [0.05, 0.1) is 12.6 Å². The molecule has 6 heteroatoms. The Balaban J connectivity index is 1.76. The third-order valence-electron chi connectivity index (χ3n) is 5.10. The lowest BCUT2D eigenvalue weighted by molar-refractivity contribution is 0.282. The van der Waals surface area contributed by atoms with Crippen molar-refractivity contribution in [2.45, 2.75) is 44.0 Å². The Bertz CT molecular complexity index is 831. The molecule has 2 aromatic carbocycles. The molecule has 1 aliphatic heterocycles. The van der Waals surface area contributed by atoms with E-state index in [-0.39, 0.29) is 11.5 Å². The van der Waals surface area contributed by atoms with Crippen molar-refractivity contribution in [3.05, 3.63) is 59.1 Å². The molecule has 1 heterocycles. The maximum Gasteiger partial charge on any atom is 0.326 e. The molecule has 1 saturated heterocycles. The Kier molecular flexibility index (Phi) is 5.69. The van der Waals surface area contributed by atoms with Crippen LogP contribution in [0.4, 0.5) is 5.69 Å². The molecule has 0 spiro atoms. The van der Waals surface area contributed by atoms with E-state index in [1.807, 2.05) is 43.3 Å². The lowest BCUT2D eigenvalue weighted by Crippen LogP contribution is -2.55. The van der Waals surface area contributed by atoms with E-state index in [2.05, 4.69) is 25.7 Å². The van der Waals surface area contributed by atoms with Crippen LogP contribution in [0.1, 0.15) is 33.3 Å². The zero-order chi connectivity index (χ0) is 19.8. The molecule has 0 aromatic heterocycles. The minimum atomic E-state index is -3.25. The van der Waals surface area contributed by atoms with Gasteiger partial charge in [-0.25, -0.2) is 0 Å². The van der Waals surface area contributed by atoms with Gasteiger partial charge in [-0.2, -0.15) is 4.55 Å². The average molecular weight is 408 g/mol. The second-order valence-corrected chi connectivity index (χ2v) is 10.6. The Morgan fingerprint density at radius 3 is 2.15 bits per heavy atom. The fraction of sp³-hybridized carbons (Fsp3) is 0.429. The third kappa shape index (κ3) is 4.37. The zero-order valence-electron chi connectivity index (χ0n) is 16.4. The molecule has 27 heavy (non-hydrogen) atoms. The molecule has 1 fully saturated rings. The van der Waals surface area contributed by atoms with E-state index in [1.54, 1.807) is 16.4 Å². The van der Waals surface area contributed by atoms with Gasteiger partial charge in [0.2, 0.25) is 4.90 Å². The fourth-order valence-corrected chi connectivity index (χ4v) is 5.23. The van der Waals surface area contributed by atoms with Gasteiger partial charge in [0.1, 0.15) is 0 Å². The van der Waals surface area contributed by atoms with Crippen LogP contribution in [-0.2, 0) is 20.0 Å². The number of rotatable bonds is 3. The van der Waals surface area contributed by atoms with Crippen molar-refractivity contribution >= 4 is 27.7 Å². The van der Waals surface area contributed by atoms with Crippen LogP contribution >= 0.6 is 11.6 Å². The van der Waals surface area contributed by atoms with Gasteiger partial charge in [-0.15, -0.1) is 0 Å². The molecule has 146 valence electrons. The SMILES string of the molecule is CC1CN(c2ccc(Cl)cc2)CCN1[S+](=O)(O)c1ccc(C(C)(C)C)cc1. The van der Waals surface area contributed by atoms with Gasteiger partial charge >= 0.3 is 10.4 Å². The summed E-state index contributed by atoms with van der Waals surface area (Å²) in [7, 11) is -3.25. The summed E-state index contributed by atoms with van der Waals surface area (Å²) in [4.78, 5) is 2.71. The predicted molar refractivity (Wildman–Crippen MR) is 114 cm³/mol. The number of halogens is 1. The molecule has 0 saturated carbocycles. The Hall–Kier alpha value is -1.40. The maximum absolute atomic E-state index is 13.2. The maximum atomic E-state index is 13.2. The van der Waals surface area contributed by atoms with Crippen LogP contribution in [0.3, 0.4) is 0 Å². The van der Waals surface area contributed by atoms with Crippen molar-refractivity contribution in [3.8, 4) is 0 Å². The number of hydrogen-bond acceptors (Lipinski definition) is 2. The van der Waals surface area contributed by atoms with E-state index in [4.69, 9.17) is 11.6 Å². The van der Waals surface area contributed by atoms with Crippen molar-refractivity contribution in [2.24, 2.45) is 0 Å². The highest BCUT2D eigenvalue weighted by Crippen LogP contribution is 2.30. The van der Waals surface area contributed by atoms with Gasteiger partial charge in [0.15, 0.2) is 0 Å². The van der Waals surface area contributed by atoms with Gasteiger partial charge in [-0.05, 0) is 58.5 Å². The third-order valence-corrected chi connectivity index (χ3v) is 7.42. The summed E-state index contributed by atoms with van der Waals surface area (Å²) < 4.78 is 25.9. The largest absolute Gasteiger partial charge is 0.368 e. The molecule has 3 rings (SSSR count). The molecule has 1 aliphatic rings. The predicted octanol–water partition coefficient (Wildman–Crippen LogP) is 5.09. The lowest BCUT2D eigenvalue weighted by atomic mass is 9.87. The number of benzene rings is 2. The van der Waals surface area contributed by atoms with Gasteiger partial charge in [0.25, 0.3) is 0 Å². The molecule has 0 bridgehead atoms. The quantitative estimate of drug-likeness (QED) is 0.720. The van der Waals surface area contributed by atoms with Gasteiger partial charge in [-0.3, -0.25) is 0 Å². The normalized spacial score (nSPS) is 21.1. The zero-order valence-corrected chi connectivity index (χ0v) is 17.9. The number of anilines is 1. The van der Waals surface area contributed by atoms with E-state index in [0.29, 0.717) is 29.6 Å². The Morgan fingerprint density at radius 2 is 1.63 bits per heavy atom. The first-order valence-corrected chi connectivity index (χ1v) is 11.1. The summed E-state index contributed by atoms with van der Waals surface area (Å²) in [6, 6.07) is 15.2. The Labute approximate surface area is 168 Å². The van der Waals surface area contributed by atoms with Crippen molar-refractivity contribution in [1.29, 1.82) is 0 Å². The van der Waals surface area contributed by atoms with Gasteiger partial charge in [0, 0.05) is 23.8 Å². The van der Waals surface area contributed by atoms with Crippen molar-refractivity contribution in [2.75, 3.05) is 24.5 Å². The number of nitrogens with zero attached hydrogens (tertiary/aromatic N) is 2. The lowest BCUT2D eigenvalue weighted by Gasteiger charge is -2.38. The molecular weight excluding hydrogens is 380 g/mol. The molecule has 2 atom stereocenters. The first kappa shape index (κ1) is 20.3. The van der Waals surface area contributed by atoms with Crippen LogP contribution in [0.15, 0.2) is 53.4 Å². The average Bonchev–Trinajstić information content (AvgIpc) is 2.61. The minimum Gasteiger partial charge on any atom is -0.368 e. The van der Waals surface area contributed by atoms with Crippen LogP contribution in [0.2, 0.25) is 5.02 Å². The highest BCUT2D eigenvalue weighted by Gasteiger charge is 2.44. The molecule has 2 aromatic rings. The highest BCUT2D eigenvalue weighted by molar-refractivity contribution is 7.95. The topological polar surface area (TPSA) is 43.8 Å². The second kappa shape index (κ2) is 7.55. The molecule has 4 nitrogen and oxygen atoms in total. The van der Waals surface area contributed by atoms with Crippen LogP contribution < -0.4 is 4.90 Å². The summed E-state index contributed by atoms with van der Waals surface area (Å²) in [6.45, 7) is 10.3. The van der Waals surface area contributed by atoms with E-state index in [0.717, 1.165) is 11.3 Å². The van der Waals surface area contributed by atoms with Crippen molar-refractivity contribution < 1.29 is 8.76 Å². The van der Waals surface area contributed by atoms with Gasteiger partial charge < -0.3 is 4.90 Å². The van der Waals surface area contributed by atoms with Crippen molar-refractivity contribution in [3.63, 3.8) is 0 Å². The van der Waals surface area contributed by atoms with Crippen LogP contribution in [0.25, 0.3) is 0 Å². The smallest absolute Gasteiger partial charge is 0.326 e. The molecule has 0 aliphatic carbocycles. The van der Waals surface area contributed by atoms with E-state index in [9.17, 15) is 8.76 Å². The standard InChI is InChI=1S/C21H27ClN2O2S/c1-16-15-23(19-9-7-18(22)8-10-19)13-14-24(16)27(25,26)20-11-5-17(6-12-20)21(2,3)4/h5-12,16H,13-15H2,1-4H3/p+1. The van der Waals surface area contributed by atoms with E-state index >= 15 is 0 Å². The molecule has 1 N–H and O–H groups in total. The Morgan fingerprint density at radius 1 is 1.04 bits per heavy atom. The molecule has 0 radical (unpaired) electrons. The summed E-state index contributed by atoms with van der Waals surface area (Å²) >= 11 is 5.97. The number of hydrogen-bond donors (Lipinski definition) is 1. The van der Waals surface area contributed by atoms with Crippen LogP contribution in [0, 0.1) is 0 Å². The summed E-state index contributed by atoms with van der Waals surface area (Å²) in [5, 5.41) is 0.711. The van der Waals surface area contributed by atoms with E-state index in [1.165, 1.54) is 0 Å². The summed E-state index contributed by atoms with van der Waals surface area (Å²) in [5.41, 5.74) is 2.26. The van der Waals surface area contributed by atoms with Gasteiger partial charge in [-0.1, -0.05) is 48.8 Å². The first-order chi connectivity index (χ1) is 12.6. The molecule has 2 unspecified atom stereocenters. The van der Waals surface area contributed by atoms with Crippen LogP contribution in [-0.4, -0.2) is 34.5 Å². The highest BCUT2D eigenvalue weighted by atomic mass is 35.5. The van der Waals surface area contributed by atoms with E-state index < -0.39 is 10.4 Å². The fourth-order valence-electron chi connectivity index (χ4n) is 3.46. The van der Waals surface area contributed by atoms with Crippen molar-refractivity contribution in [1.82, 2.24) is 4.31 Å². The summed E-state index contributed by atoms with van der Waals surface area (Å²) in [5.74, 6) is 0. The molecule has 0 amide bonds.